The first-order valence-corrected chi connectivity index (χ1v) is 7.88. The molecule has 3 rings (SSSR count). The molecule has 4 nitrogen and oxygen atoms in total. The second-order valence-corrected chi connectivity index (χ2v) is 6.70. The molecule has 108 valence electrons. The molecular weight excluding hydrogens is 240 g/mol. The van der Waals surface area contributed by atoms with Gasteiger partial charge >= 0.3 is 0 Å². The molecule has 1 saturated carbocycles. The lowest BCUT2D eigenvalue weighted by Crippen LogP contribution is -2.54. The van der Waals surface area contributed by atoms with Crippen molar-refractivity contribution in [3.63, 3.8) is 0 Å². The van der Waals surface area contributed by atoms with Gasteiger partial charge in [0, 0.05) is 25.4 Å². The third kappa shape index (κ3) is 2.79. The highest BCUT2D eigenvalue weighted by Gasteiger charge is 2.43. The molecule has 0 radical (unpaired) electrons. The fraction of sp³-hybridized carbons (Fsp3) is 0.933. The van der Waals surface area contributed by atoms with E-state index in [0.717, 1.165) is 58.3 Å². The number of piperidine rings is 1. The quantitative estimate of drug-likeness (QED) is 0.788. The van der Waals surface area contributed by atoms with Crippen LogP contribution in [0.25, 0.3) is 0 Å². The zero-order valence-electron chi connectivity index (χ0n) is 11.7. The van der Waals surface area contributed by atoms with E-state index >= 15 is 0 Å². The summed E-state index contributed by atoms with van der Waals surface area (Å²) in [6.45, 7) is 3.59. The highest BCUT2D eigenvalue weighted by molar-refractivity contribution is 5.76. The number of fused-ring (bicyclic) bond motifs is 1. The molecule has 3 atom stereocenters. The molecule has 1 aliphatic carbocycles. The van der Waals surface area contributed by atoms with E-state index in [4.69, 9.17) is 0 Å². The van der Waals surface area contributed by atoms with Gasteiger partial charge in [-0.2, -0.15) is 0 Å². The number of hydrogen-bond donors (Lipinski definition) is 2. The minimum absolute atomic E-state index is 0.307. The van der Waals surface area contributed by atoms with E-state index in [1.807, 2.05) is 4.90 Å². The van der Waals surface area contributed by atoms with Crippen LogP contribution in [0.5, 0.6) is 0 Å². The number of rotatable bonds is 2. The Kier molecular flexibility index (Phi) is 3.81. The summed E-state index contributed by atoms with van der Waals surface area (Å²) < 4.78 is 0. The van der Waals surface area contributed by atoms with Crippen LogP contribution in [0.15, 0.2) is 0 Å². The van der Waals surface area contributed by atoms with E-state index < -0.39 is 5.60 Å². The SMILES string of the molecule is O=C(CC1CCNC1)N1CCC2(O)CCCCC2C1. The average Bonchev–Trinajstić information content (AvgIpc) is 2.90. The molecule has 2 heterocycles. The Labute approximate surface area is 115 Å². The molecule has 1 amide bonds. The third-order valence-corrected chi connectivity index (χ3v) is 5.41. The predicted octanol–water partition coefficient (Wildman–Crippen LogP) is 1.14. The van der Waals surface area contributed by atoms with Crippen molar-refractivity contribution in [2.45, 2.75) is 50.5 Å². The van der Waals surface area contributed by atoms with E-state index in [-0.39, 0.29) is 0 Å². The summed E-state index contributed by atoms with van der Waals surface area (Å²) >= 11 is 0. The van der Waals surface area contributed by atoms with Gasteiger partial charge in [-0.15, -0.1) is 0 Å². The van der Waals surface area contributed by atoms with Crippen molar-refractivity contribution in [2.75, 3.05) is 26.2 Å². The van der Waals surface area contributed by atoms with E-state index in [1.165, 1.54) is 6.42 Å². The summed E-state index contributed by atoms with van der Waals surface area (Å²) in [6.07, 6.45) is 6.99. The Morgan fingerprint density at radius 1 is 1.32 bits per heavy atom. The Morgan fingerprint density at radius 3 is 3.00 bits per heavy atom. The summed E-state index contributed by atoms with van der Waals surface area (Å²) in [7, 11) is 0. The monoisotopic (exact) mass is 266 g/mol. The number of carbonyl (C=O) groups excluding carboxylic acids is 1. The number of nitrogens with zero attached hydrogens (tertiary/aromatic N) is 1. The molecule has 0 bridgehead atoms. The number of hydrogen-bond acceptors (Lipinski definition) is 3. The van der Waals surface area contributed by atoms with Gasteiger partial charge < -0.3 is 15.3 Å². The van der Waals surface area contributed by atoms with Gasteiger partial charge in [-0.25, -0.2) is 0 Å². The van der Waals surface area contributed by atoms with Gasteiger partial charge in [0.1, 0.15) is 0 Å². The van der Waals surface area contributed by atoms with Crippen LogP contribution in [0.4, 0.5) is 0 Å². The molecule has 0 spiro atoms. The number of likely N-dealkylation sites (tertiary alicyclic amines) is 1. The first kappa shape index (κ1) is 13.4. The second-order valence-electron chi connectivity index (χ2n) is 6.70. The summed E-state index contributed by atoms with van der Waals surface area (Å²) in [6, 6.07) is 0. The molecule has 2 saturated heterocycles. The van der Waals surface area contributed by atoms with Crippen molar-refractivity contribution >= 4 is 5.91 Å². The first-order valence-electron chi connectivity index (χ1n) is 7.88. The van der Waals surface area contributed by atoms with Crippen molar-refractivity contribution in [1.29, 1.82) is 0 Å². The molecule has 0 aromatic heterocycles. The van der Waals surface area contributed by atoms with Crippen LogP contribution in [0.2, 0.25) is 0 Å². The van der Waals surface area contributed by atoms with Gasteiger partial charge in [-0.1, -0.05) is 12.8 Å². The molecule has 3 unspecified atom stereocenters. The van der Waals surface area contributed by atoms with Crippen molar-refractivity contribution < 1.29 is 9.90 Å². The standard InChI is InChI=1S/C15H26N2O2/c18-14(9-12-4-7-16-10-12)17-8-6-15(19)5-2-1-3-13(15)11-17/h12-13,16,19H,1-11H2. The van der Waals surface area contributed by atoms with Crippen molar-refractivity contribution in [1.82, 2.24) is 10.2 Å². The highest BCUT2D eigenvalue weighted by Crippen LogP contribution is 2.39. The van der Waals surface area contributed by atoms with Gasteiger partial charge in [-0.05, 0) is 44.7 Å². The molecule has 2 aliphatic heterocycles. The minimum Gasteiger partial charge on any atom is -0.389 e. The second kappa shape index (κ2) is 5.41. The van der Waals surface area contributed by atoms with E-state index in [0.29, 0.717) is 24.2 Å². The number of carbonyl (C=O) groups is 1. The topological polar surface area (TPSA) is 52.6 Å². The number of nitrogens with one attached hydrogen (secondary N) is 1. The van der Waals surface area contributed by atoms with Crippen LogP contribution < -0.4 is 5.32 Å². The zero-order valence-corrected chi connectivity index (χ0v) is 11.7. The largest absolute Gasteiger partial charge is 0.389 e. The Bertz CT molecular complexity index is 341. The molecule has 19 heavy (non-hydrogen) atoms. The average molecular weight is 266 g/mol. The fourth-order valence-electron chi connectivity index (χ4n) is 4.06. The first-order chi connectivity index (χ1) is 9.17. The third-order valence-electron chi connectivity index (χ3n) is 5.41. The maximum absolute atomic E-state index is 12.3. The Morgan fingerprint density at radius 2 is 2.21 bits per heavy atom. The molecule has 0 aromatic rings. The van der Waals surface area contributed by atoms with E-state index in [9.17, 15) is 9.90 Å². The van der Waals surface area contributed by atoms with Gasteiger partial charge in [0.25, 0.3) is 0 Å². The van der Waals surface area contributed by atoms with Gasteiger partial charge in [0.05, 0.1) is 5.60 Å². The molecular formula is C15H26N2O2. The van der Waals surface area contributed by atoms with Crippen LogP contribution in [-0.4, -0.2) is 47.7 Å². The summed E-state index contributed by atoms with van der Waals surface area (Å²) in [5, 5.41) is 13.9. The van der Waals surface area contributed by atoms with Crippen LogP contribution in [-0.2, 0) is 4.79 Å². The lowest BCUT2D eigenvalue weighted by Gasteiger charge is -2.47. The van der Waals surface area contributed by atoms with Gasteiger partial charge in [0.15, 0.2) is 0 Å². The van der Waals surface area contributed by atoms with Crippen LogP contribution >= 0.6 is 0 Å². The molecule has 2 N–H and O–H groups in total. The van der Waals surface area contributed by atoms with Gasteiger partial charge in [-0.3, -0.25) is 4.79 Å². The smallest absolute Gasteiger partial charge is 0.222 e. The lowest BCUT2D eigenvalue weighted by molar-refractivity contribution is -0.144. The summed E-state index contributed by atoms with van der Waals surface area (Å²) in [4.78, 5) is 14.4. The summed E-state index contributed by atoms with van der Waals surface area (Å²) in [5.41, 5.74) is -0.468. The van der Waals surface area contributed by atoms with Gasteiger partial charge in [0.2, 0.25) is 5.91 Å². The maximum Gasteiger partial charge on any atom is 0.222 e. The molecule has 3 aliphatic rings. The Balaban J connectivity index is 1.56. The van der Waals surface area contributed by atoms with Crippen LogP contribution in [0, 0.1) is 11.8 Å². The number of aliphatic hydroxyl groups is 1. The summed E-state index contributed by atoms with van der Waals surface area (Å²) in [5.74, 6) is 1.15. The number of amides is 1. The molecule has 0 aromatic carbocycles. The van der Waals surface area contributed by atoms with Crippen molar-refractivity contribution in [3.05, 3.63) is 0 Å². The van der Waals surface area contributed by atoms with E-state index in [1.54, 1.807) is 0 Å². The molecule has 4 heteroatoms. The van der Waals surface area contributed by atoms with Crippen molar-refractivity contribution in [2.24, 2.45) is 11.8 Å². The highest BCUT2D eigenvalue weighted by atomic mass is 16.3. The van der Waals surface area contributed by atoms with Crippen LogP contribution in [0.1, 0.15) is 44.9 Å². The normalized spacial score (nSPS) is 39.1. The maximum atomic E-state index is 12.3. The zero-order chi connectivity index (χ0) is 13.3. The van der Waals surface area contributed by atoms with Crippen molar-refractivity contribution in [3.8, 4) is 0 Å². The Hall–Kier alpha value is -0.610. The van der Waals surface area contributed by atoms with E-state index in [2.05, 4.69) is 5.32 Å². The fourth-order valence-corrected chi connectivity index (χ4v) is 4.06. The predicted molar refractivity (Wildman–Crippen MR) is 73.7 cm³/mol. The minimum atomic E-state index is -0.468. The lowest BCUT2D eigenvalue weighted by atomic mass is 9.71. The van der Waals surface area contributed by atoms with Crippen LogP contribution in [0.3, 0.4) is 0 Å². The molecule has 3 fully saturated rings.